The molecule has 0 bridgehead atoms. The van der Waals surface area contributed by atoms with E-state index in [0.29, 0.717) is 6.54 Å². The first-order valence-corrected chi connectivity index (χ1v) is 6.64. The van der Waals surface area contributed by atoms with Gasteiger partial charge in [-0.25, -0.2) is 0 Å². The second kappa shape index (κ2) is 8.04. The predicted molar refractivity (Wildman–Crippen MR) is 84.8 cm³/mol. The summed E-state index contributed by atoms with van der Waals surface area (Å²) in [5.74, 6) is 0. The number of hydrogen-bond acceptors (Lipinski definition) is 3. The van der Waals surface area contributed by atoms with Gasteiger partial charge in [-0.3, -0.25) is 9.58 Å². The second-order valence-electron chi connectivity index (χ2n) is 4.90. The van der Waals surface area contributed by atoms with Gasteiger partial charge in [0.15, 0.2) is 0 Å². The molecule has 2 N–H and O–H groups in total. The number of hydrogen-bond donors (Lipinski definition) is 1. The van der Waals surface area contributed by atoms with Crippen molar-refractivity contribution in [2.24, 2.45) is 12.8 Å². The van der Waals surface area contributed by atoms with Crippen molar-refractivity contribution in [1.29, 1.82) is 0 Å². The average Bonchev–Trinajstić information content (AvgIpc) is 2.69. The lowest BCUT2D eigenvalue weighted by molar-refractivity contribution is 0.264. The molecular weight excluding hydrogens is 272 g/mol. The van der Waals surface area contributed by atoms with E-state index >= 15 is 0 Å². The lowest BCUT2D eigenvalue weighted by Crippen LogP contribution is -2.28. The molecule has 0 saturated carbocycles. The van der Waals surface area contributed by atoms with Gasteiger partial charge in [-0.2, -0.15) is 5.10 Å². The number of nitrogens with zero attached hydrogens (tertiary/aromatic N) is 3. The predicted octanol–water partition coefficient (Wildman–Crippen LogP) is 2.11. The first-order valence-electron chi connectivity index (χ1n) is 6.64. The highest BCUT2D eigenvalue weighted by atomic mass is 35.5. The van der Waals surface area contributed by atoms with Crippen molar-refractivity contribution in [2.75, 3.05) is 13.1 Å². The highest BCUT2D eigenvalue weighted by Crippen LogP contribution is 2.11. The summed E-state index contributed by atoms with van der Waals surface area (Å²) in [6, 6.07) is 10.5. The van der Waals surface area contributed by atoms with Gasteiger partial charge in [-0.15, -0.1) is 12.4 Å². The molecule has 0 saturated heterocycles. The van der Waals surface area contributed by atoms with Crippen LogP contribution in [0.15, 0.2) is 36.5 Å². The van der Waals surface area contributed by atoms with Gasteiger partial charge in [-0.05, 0) is 12.5 Å². The Morgan fingerprint density at radius 2 is 1.90 bits per heavy atom. The van der Waals surface area contributed by atoms with Crippen molar-refractivity contribution in [3.8, 4) is 0 Å². The first-order chi connectivity index (χ1) is 9.19. The van der Waals surface area contributed by atoms with Crippen LogP contribution in [0.1, 0.15) is 16.8 Å². The zero-order valence-electron chi connectivity index (χ0n) is 12.1. The van der Waals surface area contributed by atoms with Crippen molar-refractivity contribution < 1.29 is 0 Å². The van der Waals surface area contributed by atoms with Crippen LogP contribution in [0, 0.1) is 6.92 Å². The van der Waals surface area contributed by atoms with Gasteiger partial charge in [0, 0.05) is 45.0 Å². The number of aromatic nitrogens is 2. The maximum Gasteiger partial charge on any atom is 0.0638 e. The van der Waals surface area contributed by atoms with Gasteiger partial charge >= 0.3 is 0 Å². The molecule has 0 atom stereocenters. The van der Waals surface area contributed by atoms with Crippen LogP contribution in [0.5, 0.6) is 0 Å². The van der Waals surface area contributed by atoms with Crippen LogP contribution >= 0.6 is 12.4 Å². The zero-order valence-corrected chi connectivity index (χ0v) is 12.9. The minimum absolute atomic E-state index is 0. The molecule has 20 heavy (non-hydrogen) atoms. The summed E-state index contributed by atoms with van der Waals surface area (Å²) in [5, 5.41) is 4.39. The third-order valence-electron chi connectivity index (χ3n) is 3.20. The summed E-state index contributed by atoms with van der Waals surface area (Å²) < 4.78 is 1.87. The summed E-state index contributed by atoms with van der Waals surface area (Å²) >= 11 is 0. The molecule has 0 fully saturated rings. The fourth-order valence-electron chi connectivity index (χ4n) is 2.28. The van der Waals surface area contributed by atoms with E-state index in [1.165, 1.54) is 11.1 Å². The summed E-state index contributed by atoms with van der Waals surface area (Å²) in [6.07, 6.45) is 2.09. The molecule has 0 unspecified atom stereocenters. The zero-order chi connectivity index (χ0) is 13.7. The standard InChI is InChI=1S/C15H22N4.ClH/c1-13-15(11-18(2)17-13)12-19(9-8-16)10-14-6-4-3-5-7-14;/h3-7,11H,8-10,12,16H2,1-2H3;1H. The first kappa shape index (κ1) is 16.7. The topological polar surface area (TPSA) is 47.1 Å². The van der Waals surface area contributed by atoms with Crippen molar-refractivity contribution in [2.45, 2.75) is 20.0 Å². The summed E-state index contributed by atoms with van der Waals surface area (Å²) in [7, 11) is 1.96. The molecular formula is C15H23ClN4. The maximum absolute atomic E-state index is 5.72. The smallest absolute Gasteiger partial charge is 0.0638 e. The highest BCUT2D eigenvalue weighted by Gasteiger charge is 2.10. The van der Waals surface area contributed by atoms with Crippen LogP contribution in [-0.2, 0) is 20.1 Å². The summed E-state index contributed by atoms with van der Waals surface area (Å²) in [5.41, 5.74) is 9.40. The van der Waals surface area contributed by atoms with Crippen LogP contribution in [-0.4, -0.2) is 27.8 Å². The van der Waals surface area contributed by atoms with Crippen LogP contribution in [0.4, 0.5) is 0 Å². The quantitative estimate of drug-likeness (QED) is 0.888. The van der Waals surface area contributed by atoms with Crippen LogP contribution in [0.3, 0.4) is 0 Å². The Morgan fingerprint density at radius 3 is 2.45 bits per heavy atom. The molecule has 0 amide bonds. The Bertz CT molecular complexity index is 510. The normalized spacial score (nSPS) is 10.6. The van der Waals surface area contributed by atoms with E-state index in [4.69, 9.17) is 5.73 Å². The number of nitrogens with two attached hydrogens (primary N) is 1. The molecule has 5 heteroatoms. The van der Waals surface area contributed by atoms with Gasteiger partial charge in [0.25, 0.3) is 0 Å². The van der Waals surface area contributed by atoms with E-state index in [-0.39, 0.29) is 12.4 Å². The summed E-state index contributed by atoms with van der Waals surface area (Å²) in [4.78, 5) is 2.36. The molecule has 0 aliphatic carbocycles. The molecule has 1 aromatic carbocycles. The SMILES string of the molecule is Cc1nn(C)cc1CN(CCN)Cc1ccccc1.Cl. The molecule has 0 spiro atoms. The molecule has 2 rings (SSSR count). The number of benzene rings is 1. The highest BCUT2D eigenvalue weighted by molar-refractivity contribution is 5.85. The third kappa shape index (κ3) is 4.63. The largest absolute Gasteiger partial charge is 0.329 e. The minimum Gasteiger partial charge on any atom is -0.329 e. The summed E-state index contributed by atoms with van der Waals surface area (Å²) in [6.45, 7) is 5.44. The molecule has 0 aliphatic rings. The Morgan fingerprint density at radius 1 is 1.20 bits per heavy atom. The van der Waals surface area contributed by atoms with E-state index in [1.54, 1.807) is 0 Å². The van der Waals surface area contributed by atoms with Crippen molar-refractivity contribution in [1.82, 2.24) is 14.7 Å². The fourth-order valence-corrected chi connectivity index (χ4v) is 2.28. The molecule has 2 aromatic rings. The van der Waals surface area contributed by atoms with Crippen molar-refractivity contribution in [3.63, 3.8) is 0 Å². The fraction of sp³-hybridized carbons (Fsp3) is 0.400. The number of halogens is 1. The van der Waals surface area contributed by atoms with E-state index in [9.17, 15) is 0 Å². The number of aryl methyl sites for hydroxylation is 2. The Kier molecular flexibility index (Phi) is 6.71. The van der Waals surface area contributed by atoms with Crippen molar-refractivity contribution >= 4 is 12.4 Å². The van der Waals surface area contributed by atoms with Gasteiger partial charge in [0.2, 0.25) is 0 Å². The van der Waals surface area contributed by atoms with Crippen LogP contribution in [0.25, 0.3) is 0 Å². The van der Waals surface area contributed by atoms with E-state index in [0.717, 1.165) is 25.3 Å². The minimum atomic E-state index is 0. The van der Waals surface area contributed by atoms with Gasteiger partial charge in [0.1, 0.15) is 0 Å². The maximum atomic E-state index is 5.72. The second-order valence-corrected chi connectivity index (χ2v) is 4.90. The Hall–Kier alpha value is -1.36. The van der Waals surface area contributed by atoms with Crippen LogP contribution < -0.4 is 5.73 Å². The van der Waals surface area contributed by atoms with Gasteiger partial charge < -0.3 is 5.73 Å². The lowest BCUT2D eigenvalue weighted by atomic mass is 10.2. The molecule has 1 heterocycles. The third-order valence-corrected chi connectivity index (χ3v) is 3.20. The van der Waals surface area contributed by atoms with E-state index in [1.807, 2.05) is 17.8 Å². The molecule has 110 valence electrons. The van der Waals surface area contributed by atoms with Crippen molar-refractivity contribution in [3.05, 3.63) is 53.3 Å². The average molecular weight is 295 g/mol. The van der Waals surface area contributed by atoms with Gasteiger partial charge in [-0.1, -0.05) is 30.3 Å². The molecule has 0 aliphatic heterocycles. The molecule has 4 nitrogen and oxygen atoms in total. The lowest BCUT2D eigenvalue weighted by Gasteiger charge is -2.21. The van der Waals surface area contributed by atoms with E-state index < -0.39 is 0 Å². The van der Waals surface area contributed by atoms with Crippen LogP contribution in [0.2, 0.25) is 0 Å². The molecule has 0 radical (unpaired) electrons. The van der Waals surface area contributed by atoms with E-state index in [2.05, 4.69) is 47.4 Å². The Labute approximate surface area is 127 Å². The monoisotopic (exact) mass is 294 g/mol. The molecule has 1 aromatic heterocycles. The van der Waals surface area contributed by atoms with Gasteiger partial charge in [0.05, 0.1) is 5.69 Å². The number of rotatable bonds is 6. The Balaban J connectivity index is 0.00000200.